The van der Waals surface area contributed by atoms with E-state index in [9.17, 15) is 9.59 Å². The van der Waals surface area contributed by atoms with Crippen LogP contribution in [0.1, 0.15) is 32.2 Å². The van der Waals surface area contributed by atoms with Crippen LogP contribution in [0, 0.1) is 0 Å². The number of furan rings is 1. The van der Waals surface area contributed by atoms with Crippen molar-refractivity contribution in [1.82, 2.24) is 4.90 Å². The molecule has 0 N–H and O–H groups in total. The molecule has 90 valence electrons. The monoisotopic (exact) mass is 241 g/mol. The molecule has 0 saturated carbocycles. The minimum Gasteiger partial charge on any atom is -0.456 e. The van der Waals surface area contributed by atoms with Crippen molar-refractivity contribution in [3.8, 4) is 0 Å². The van der Waals surface area contributed by atoms with Crippen LogP contribution in [-0.2, 0) is 13.1 Å². The minimum absolute atomic E-state index is 0.00894. The second-order valence-electron chi connectivity index (χ2n) is 4.24. The molecule has 0 fully saturated rings. The number of hydrogen-bond acceptors (Lipinski definition) is 3. The summed E-state index contributed by atoms with van der Waals surface area (Å²) in [5.74, 6) is 0.919. The summed E-state index contributed by atoms with van der Waals surface area (Å²) < 4.78 is 5.28. The second kappa shape index (κ2) is 4.14. The topological polar surface area (TPSA) is 50.5 Å². The molecule has 2 heterocycles. The van der Waals surface area contributed by atoms with Crippen LogP contribution in [0.2, 0.25) is 0 Å². The number of nitrogens with zero attached hydrogens (tertiary/aromatic N) is 1. The van der Waals surface area contributed by atoms with Gasteiger partial charge >= 0.3 is 0 Å². The van der Waals surface area contributed by atoms with Gasteiger partial charge in [0.05, 0.1) is 6.54 Å². The van der Waals surface area contributed by atoms with E-state index < -0.39 is 0 Å². The average Bonchev–Trinajstić information content (AvgIpc) is 2.97. The number of carbonyl (C=O) groups is 2. The van der Waals surface area contributed by atoms with Crippen LogP contribution in [0.4, 0.5) is 0 Å². The standard InChI is InChI=1S/C14H11NO3/c16-9-12-6-5-11(18-12)8-15-7-10-3-1-2-4-13(10)14(15)17/h1-6,9H,7-8H2. The zero-order valence-electron chi connectivity index (χ0n) is 9.63. The van der Waals surface area contributed by atoms with Crippen LogP contribution in [-0.4, -0.2) is 17.1 Å². The third-order valence-electron chi connectivity index (χ3n) is 3.04. The Bertz CT molecular complexity index is 615. The van der Waals surface area contributed by atoms with E-state index in [1.54, 1.807) is 17.0 Å². The van der Waals surface area contributed by atoms with Crippen molar-refractivity contribution in [2.24, 2.45) is 0 Å². The molecule has 1 aliphatic heterocycles. The Labute approximate surface area is 104 Å². The molecule has 0 atom stereocenters. The van der Waals surface area contributed by atoms with E-state index >= 15 is 0 Å². The number of rotatable bonds is 3. The summed E-state index contributed by atoms with van der Waals surface area (Å²) in [5, 5.41) is 0. The summed E-state index contributed by atoms with van der Waals surface area (Å²) in [4.78, 5) is 24.3. The molecule has 2 aromatic rings. The van der Waals surface area contributed by atoms with Crippen molar-refractivity contribution in [1.29, 1.82) is 0 Å². The lowest BCUT2D eigenvalue weighted by Crippen LogP contribution is -2.22. The van der Waals surface area contributed by atoms with E-state index in [2.05, 4.69) is 0 Å². The summed E-state index contributed by atoms with van der Waals surface area (Å²) in [5.41, 5.74) is 1.78. The van der Waals surface area contributed by atoms with Crippen LogP contribution >= 0.6 is 0 Å². The molecule has 0 saturated heterocycles. The summed E-state index contributed by atoms with van der Waals surface area (Å²) >= 11 is 0. The van der Waals surface area contributed by atoms with Crippen molar-refractivity contribution in [2.45, 2.75) is 13.1 Å². The zero-order chi connectivity index (χ0) is 12.5. The van der Waals surface area contributed by atoms with Gasteiger partial charge in [-0.1, -0.05) is 18.2 Å². The smallest absolute Gasteiger partial charge is 0.254 e. The summed E-state index contributed by atoms with van der Waals surface area (Å²) in [6, 6.07) is 10.9. The number of aldehydes is 1. The van der Waals surface area contributed by atoms with Gasteiger partial charge in [0.2, 0.25) is 0 Å². The van der Waals surface area contributed by atoms with Gasteiger partial charge in [0, 0.05) is 12.1 Å². The Morgan fingerprint density at radius 2 is 2.06 bits per heavy atom. The molecule has 0 spiro atoms. The van der Waals surface area contributed by atoms with Gasteiger partial charge in [-0.05, 0) is 23.8 Å². The van der Waals surface area contributed by atoms with E-state index in [-0.39, 0.29) is 11.7 Å². The van der Waals surface area contributed by atoms with Crippen molar-refractivity contribution in [3.63, 3.8) is 0 Å². The van der Waals surface area contributed by atoms with Crippen molar-refractivity contribution in [3.05, 3.63) is 59.0 Å². The van der Waals surface area contributed by atoms with Gasteiger partial charge in [0.1, 0.15) is 5.76 Å². The largest absolute Gasteiger partial charge is 0.456 e. The van der Waals surface area contributed by atoms with Crippen molar-refractivity contribution >= 4 is 12.2 Å². The first-order valence-electron chi connectivity index (χ1n) is 5.69. The number of carbonyl (C=O) groups excluding carboxylic acids is 2. The Balaban J connectivity index is 1.80. The molecule has 1 aromatic carbocycles. The van der Waals surface area contributed by atoms with E-state index in [4.69, 9.17) is 4.42 Å². The van der Waals surface area contributed by atoms with Gasteiger partial charge in [-0.15, -0.1) is 0 Å². The second-order valence-corrected chi connectivity index (χ2v) is 4.24. The lowest BCUT2D eigenvalue weighted by atomic mass is 10.1. The fraction of sp³-hybridized carbons (Fsp3) is 0.143. The van der Waals surface area contributed by atoms with E-state index in [1.807, 2.05) is 24.3 Å². The van der Waals surface area contributed by atoms with Crippen LogP contribution in [0.15, 0.2) is 40.8 Å². The first-order chi connectivity index (χ1) is 8.78. The van der Waals surface area contributed by atoms with Crippen LogP contribution in [0.25, 0.3) is 0 Å². The average molecular weight is 241 g/mol. The third-order valence-corrected chi connectivity index (χ3v) is 3.04. The first-order valence-corrected chi connectivity index (χ1v) is 5.69. The highest BCUT2D eigenvalue weighted by Crippen LogP contribution is 2.24. The van der Waals surface area contributed by atoms with Crippen molar-refractivity contribution < 1.29 is 14.0 Å². The molecule has 1 aromatic heterocycles. The molecular weight excluding hydrogens is 230 g/mol. The van der Waals surface area contributed by atoms with Crippen LogP contribution in [0.3, 0.4) is 0 Å². The molecule has 4 heteroatoms. The molecular formula is C14H11NO3. The zero-order valence-corrected chi connectivity index (χ0v) is 9.63. The Morgan fingerprint density at radius 1 is 1.22 bits per heavy atom. The maximum absolute atomic E-state index is 12.1. The molecule has 18 heavy (non-hydrogen) atoms. The number of amides is 1. The Hall–Kier alpha value is -2.36. The van der Waals surface area contributed by atoms with E-state index in [0.29, 0.717) is 25.1 Å². The maximum Gasteiger partial charge on any atom is 0.254 e. The SMILES string of the molecule is O=Cc1ccc(CN2Cc3ccccc3C2=O)o1. The lowest BCUT2D eigenvalue weighted by Gasteiger charge is -2.13. The normalized spacial score (nSPS) is 13.8. The van der Waals surface area contributed by atoms with Gasteiger partial charge in [0.15, 0.2) is 12.0 Å². The number of benzene rings is 1. The fourth-order valence-electron chi connectivity index (χ4n) is 2.17. The fourth-order valence-corrected chi connectivity index (χ4v) is 2.17. The molecule has 0 bridgehead atoms. The third kappa shape index (κ3) is 1.72. The number of fused-ring (bicyclic) bond motifs is 1. The highest BCUT2D eigenvalue weighted by atomic mass is 16.3. The van der Waals surface area contributed by atoms with Gasteiger partial charge in [-0.25, -0.2) is 0 Å². The quantitative estimate of drug-likeness (QED) is 0.774. The highest BCUT2D eigenvalue weighted by Gasteiger charge is 2.27. The van der Waals surface area contributed by atoms with Crippen LogP contribution < -0.4 is 0 Å². The van der Waals surface area contributed by atoms with Gasteiger partial charge in [-0.3, -0.25) is 9.59 Å². The van der Waals surface area contributed by atoms with Gasteiger partial charge in [0.25, 0.3) is 5.91 Å². The predicted molar refractivity (Wildman–Crippen MR) is 64.1 cm³/mol. The number of hydrogen-bond donors (Lipinski definition) is 0. The van der Waals surface area contributed by atoms with Crippen molar-refractivity contribution in [2.75, 3.05) is 0 Å². The first kappa shape index (κ1) is 10.8. The lowest BCUT2D eigenvalue weighted by molar-refractivity contribution is 0.0755. The summed E-state index contributed by atoms with van der Waals surface area (Å²) in [7, 11) is 0. The molecule has 1 amide bonds. The molecule has 0 aliphatic carbocycles. The van der Waals surface area contributed by atoms with E-state index in [1.165, 1.54) is 0 Å². The molecule has 0 unspecified atom stereocenters. The highest BCUT2D eigenvalue weighted by molar-refractivity contribution is 5.98. The molecule has 0 radical (unpaired) electrons. The van der Waals surface area contributed by atoms with E-state index in [0.717, 1.165) is 11.1 Å². The Morgan fingerprint density at radius 3 is 2.78 bits per heavy atom. The van der Waals surface area contributed by atoms with Gasteiger partial charge in [-0.2, -0.15) is 0 Å². The van der Waals surface area contributed by atoms with Gasteiger partial charge < -0.3 is 9.32 Å². The molecule has 3 rings (SSSR count). The maximum atomic E-state index is 12.1. The van der Waals surface area contributed by atoms with Crippen LogP contribution in [0.5, 0.6) is 0 Å². The summed E-state index contributed by atoms with van der Waals surface area (Å²) in [6.45, 7) is 0.980. The molecule has 1 aliphatic rings. The molecule has 4 nitrogen and oxygen atoms in total. The minimum atomic E-state index is 0.00894. The summed E-state index contributed by atoms with van der Waals surface area (Å²) in [6.07, 6.45) is 0.657. The Kier molecular flexibility index (Phi) is 2.48. The predicted octanol–water partition coefficient (Wildman–Crippen LogP) is 2.25.